The van der Waals surface area contributed by atoms with Crippen LogP contribution in [0.15, 0.2) is 0 Å². The monoisotopic (exact) mass is 296 g/mol. The Bertz CT molecular complexity index is 348. The number of nitrogens with one attached hydrogen (secondary N) is 1. The van der Waals surface area contributed by atoms with Gasteiger partial charge in [0.2, 0.25) is 5.91 Å². The van der Waals surface area contributed by atoms with Crippen LogP contribution in [0.2, 0.25) is 0 Å². The van der Waals surface area contributed by atoms with E-state index in [1.807, 2.05) is 0 Å². The summed E-state index contributed by atoms with van der Waals surface area (Å²) in [5, 5.41) is 3.10. The van der Waals surface area contributed by atoms with Gasteiger partial charge in [0.25, 0.3) is 0 Å². The number of amides is 1. The lowest BCUT2D eigenvalue weighted by Gasteiger charge is -2.37. The summed E-state index contributed by atoms with van der Waals surface area (Å²) < 4.78 is 5.29. The molecule has 0 unspecified atom stereocenters. The number of hydrogen-bond acceptors (Lipinski definition) is 3. The van der Waals surface area contributed by atoms with E-state index in [1.165, 1.54) is 25.7 Å². The number of nitrogens with two attached hydrogens (primary N) is 1. The Labute approximate surface area is 129 Å². The third-order valence-electron chi connectivity index (χ3n) is 5.46. The Morgan fingerprint density at radius 1 is 1.19 bits per heavy atom. The van der Waals surface area contributed by atoms with Crippen LogP contribution in [0.3, 0.4) is 0 Å². The van der Waals surface area contributed by atoms with Crippen molar-refractivity contribution in [2.45, 2.75) is 64.8 Å². The van der Waals surface area contributed by atoms with E-state index < -0.39 is 5.54 Å². The Hall–Kier alpha value is -0.610. The highest BCUT2D eigenvalue weighted by Crippen LogP contribution is 2.39. The van der Waals surface area contributed by atoms with Crippen LogP contribution in [0.4, 0.5) is 0 Å². The summed E-state index contributed by atoms with van der Waals surface area (Å²) in [6.07, 6.45) is 6.29. The van der Waals surface area contributed by atoms with Gasteiger partial charge in [0.1, 0.15) is 0 Å². The topological polar surface area (TPSA) is 64.4 Å². The van der Waals surface area contributed by atoms with E-state index in [-0.39, 0.29) is 5.91 Å². The molecule has 4 nitrogen and oxygen atoms in total. The van der Waals surface area contributed by atoms with Crippen molar-refractivity contribution in [3.63, 3.8) is 0 Å². The average molecular weight is 296 g/mol. The highest BCUT2D eigenvalue weighted by atomic mass is 16.5. The van der Waals surface area contributed by atoms with Gasteiger partial charge in [-0.2, -0.15) is 0 Å². The molecule has 21 heavy (non-hydrogen) atoms. The first-order valence-corrected chi connectivity index (χ1v) is 8.46. The summed E-state index contributed by atoms with van der Waals surface area (Å²) in [5.74, 6) is 1.46. The fraction of sp³-hybridized carbons (Fsp3) is 0.941. The molecule has 2 aliphatic rings. The molecule has 1 saturated carbocycles. The molecule has 0 radical (unpaired) electrons. The lowest BCUT2D eigenvalue weighted by molar-refractivity contribution is -0.130. The summed E-state index contributed by atoms with van der Waals surface area (Å²) in [6.45, 7) is 8.99. The number of rotatable bonds is 3. The van der Waals surface area contributed by atoms with E-state index >= 15 is 0 Å². The molecular weight excluding hydrogens is 264 g/mol. The lowest BCUT2D eigenvalue weighted by atomic mass is 9.70. The van der Waals surface area contributed by atoms with E-state index in [0.717, 1.165) is 12.5 Å². The maximum Gasteiger partial charge on any atom is 0.240 e. The second-order valence-electron chi connectivity index (χ2n) is 8.06. The highest BCUT2D eigenvalue weighted by molar-refractivity contribution is 5.86. The zero-order valence-corrected chi connectivity index (χ0v) is 13.9. The Kier molecular flexibility index (Phi) is 5.31. The molecule has 0 bridgehead atoms. The van der Waals surface area contributed by atoms with Crippen molar-refractivity contribution >= 4 is 5.91 Å². The predicted molar refractivity (Wildman–Crippen MR) is 84.9 cm³/mol. The van der Waals surface area contributed by atoms with Gasteiger partial charge in [0, 0.05) is 19.8 Å². The smallest absolute Gasteiger partial charge is 0.240 e. The summed E-state index contributed by atoms with van der Waals surface area (Å²) >= 11 is 0. The minimum Gasteiger partial charge on any atom is -0.381 e. The van der Waals surface area contributed by atoms with Crippen LogP contribution < -0.4 is 11.1 Å². The number of hydrogen-bond donors (Lipinski definition) is 2. The van der Waals surface area contributed by atoms with Gasteiger partial charge in [-0.05, 0) is 55.8 Å². The maximum atomic E-state index is 12.3. The van der Waals surface area contributed by atoms with Crippen LogP contribution in [0.5, 0.6) is 0 Å². The maximum absolute atomic E-state index is 12.3. The zero-order valence-electron chi connectivity index (χ0n) is 13.9. The largest absolute Gasteiger partial charge is 0.381 e. The van der Waals surface area contributed by atoms with Gasteiger partial charge in [0.15, 0.2) is 0 Å². The first-order chi connectivity index (χ1) is 9.81. The fourth-order valence-corrected chi connectivity index (χ4v) is 3.61. The van der Waals surface area contributed by atoms with Gasteiger partial charge in [-0.1, -0.05) is 20.8 Å². The highest BCUT2D eigenvalue weighted by Gasteiger charge is 2.36. The van der Waals surface area contributed by atoms with Crippen LogP contribution in [-0.4, -0.2) is 31.2 Å². The van der Waals surface area contributed by atoms with E-state index in [9.17, 15) is 4.79 Å². The molecule has 1 aliphatic heterocycles. The van der Waals surface area contributed by atoms with Crippen molar-refractivity contribution in [2.75, 3.05) is 19.8 Å². The molecule has 0 spiro atoms. The van der Waals surface area contributed by atoms with Gasteiger partial charge < -0.3 is 15.8 Å². The van der Waals surface area contributed by atoms with E-state index in [4.69, 9.17) is 10.5 Å². The first-order valence-electron chi connectivity index (χ1n) is 8.46. The number of carbonyl (C=O) groups excluding carboxylic acids is 1. The van der Waals surface area contributed by atoms with Crippen LogP contribution >= 0.6 is 0 Å². The molecule has 2 rings (SSSR count). The second kappa shape index (κ2) is 6.66. The van der Waals surface area contributed by atoms with Crippen molar-refractivity contribution in [3.8, 4) is 0 Å². The summed E-state index contributed by atoms with van der Waals surface area (Å²) in [5.41, 5.74) is 5.91. The van der Waals surface area contributed by atoms with Gasteiger partial charge in [-0.15, -0.1) is 0 Å². The molecule has 122 valence electrons. The van der Waals surface area contributed by atoms with E-state index in [2.05, 4.69) is 26.1 Å². The van der Waals surface area contributed by atoms with Crippen molar-refractivity contribution in [1.29, 1.82) is 0 Å². The van der Waals surface area contributed by atoms with E-state index in [1.54, 1.807) is 0 Å². The van der Waals surface area contributed by atoms with Crippen LogP contribution in [0, 0.1) is 17.3 Å². The fourth-order valence-electron chi connectivity index (χ4n) is 3.61. The molecule has 0 aromatic heterocycles. The molecular formula is C17H32N2O2. The minimum atomic E-state index is -0.707. The molecule has 1 aliphatic carbocycles. The summed E-state index contributed by atoms with van der Waals surface area (Å²) in [4.78, 5) is 12.3. The molecule has 3 N–H and O–H groups in total. The van der Waals surface area contributed by atoms with Gasteiger partial charge in [-0.3, -0.25) is 4.79 Å². The predicted octanol–water partition coefficient (Wildman–Crippen LogP) is 2.46. The quantitative estimate of drug-likeness (QED) is 0.841. The molecule has 0 aromatic rings. The molecule has 1 saturated heterocycles. The Morgan fingerprint density at radius 2 is 1.76 bits per heavy atom. The summed E-state index contributed by atoms with van der Waals surface area (Å²) in [7, 11) is 0. The zero-order chi connectivity index (χ0) is 15.5. The molecule has 0 atom stereocenters. The summed E-state index contributed by atoms with van der Waals surface area (Å²) in [6, 6.07) is 0. The molecule has 4 heteroatoms. The molecule has 1 heterocycles. The molecule has 0 aromatic carbocycles. The van der Waals surface area contributed by atoms with Crippen molar-refractivity contribution in [3.05, 3.63) is 0 Å². The second-order valence-corrected chi connectivity index (χ2v) is 8.06. The third kappa shape index (κ3) is 4.43. The van der Waals surface area contributed by atoms with Crippen LogP contribution in [0.1, 0.15) is 59.3 Å². The lowest BCUT2D eigenvalue weighted by Crippen LogP contribution is -2.57. The minimum absolute atomic E-state index is 0.0174. The van der Waals surface area contributed by atoms with Gasteiger partial charge in [0.05, 0.1) is 5.54 Å². The normalized spacial score (nSPS) is 29.9. The Morgan fingerprint density at radius 3 is 2.29 bits per heavy atom. The van der Waals surface area contributed by atoms with Gasteiger partial charge in [-0.25, -0.2) is 0 Å². The standard InChI is InChI=1S/C17H32N2O2/c1-16(2,3)14-6-4-13(5-7-14)12-19-15(20)17(18)8-10-21-11-9-17/h13-14H,4-12,18H2,1-3H3,(H,19,20). The first kappa shape index (κ1) is 16.8. The molecule has 1 amide bonds. The average Bonchev–Trinajstić information content (AvgIpc) is 2.45. The molecule has 2 fully saturated rings. The Balaban J connectivity index is 1.73. The number of carbonyl (C=O) groups is 1. The van der Waals surface area contributed by atoms with Crippen molar-refractivity contribution < 1.29 is 9.53 Å². The van der Waals surface area contributed by atoms with Gasteiger partial charge >= 0.3 is 0 Å². The van der Waals surface area contributed by atoms with Crippen LogP contribution in [-0.2, 0) is 9.53 Å². The third-order valence-corrected chi connectivity index (χ3v) is 5.46. The SMILES string of the molecule is CC(C)(C)C1CCC(CNC(=O)C2(N)CCOCC2)CC1. The van der Waals surface area contributed by atoms with Crippen molar-refractivity contribution in [2.24, 2.45) is 23.0 Å². The van der Waals surface area contributed by atoms with Crippen LogP contribution in [0.25, 0.3) is 0 Å². The van der Waals surface area contributed by atoms with E-state index in [0.29, 0.717) is 37.4 Å². The van der Waals surface area contributed by atoms with Crippen molar-refractivity contribution in [1.82, 2.24) is 5.32 Å². The number of ether oxygens (including phenoxy) is 1.